The quantitative estimate of drug-likeness (QED) is 0.700. The maximum Gasteiger partial charge on any atom is 0.107 e. The van der Waals surface area contributed by atoms with Gasteiger partial charge in [-0.25, -0.2) is 0 Å². The summed E-state index contributed by atoms with van der Waals surface area (Å²) in [4.78, 5) is 0. The van der Waals surface area contributed by atoms with Gasteiger partial charge in [-0.2, -0.15) is 0 Å². The van der Waals surface area contributed by atoms with E-state index in [-0.39, 0.29) is 5.41 Å². The summed E-state index contributed by atoms with van der Waals surface area (Å²) < 4.78 is 5.05. The van der Waals surface area contributed by atoms with Crippen LogP contribution in [-0.2, 0) is 10.2 Å². The molecule has 0 amide bonds. The molecular weight excluding hydrogens is 232 g/mol. The van der Waals surface area contributed by atoms with Gasteiger partial charge in [-0.3, -0.25) is 0 Å². The van der Waals surface area contributed by atoms with Crippen LogP contribution in [0.5, 0.6) is 0 Å². The number of rotatable bonds is 1. The largest absolute Gasteiger partial charge is 0.372 e. The molecule has 0 radical (unpaired) electrons. The second-order valence-electron chi connectivity index (χ2n) is 4.95. The van der Waals surface area contributed by atoms with Crippen molar-refractivity contribution in [2.75, 3.05) is 13.7 Å². The summed E-state index contributed by atoms with van der Waals surface area (Å²) >= 11 is 0. The number of benzene rings is 2. The van der Waals surface area contributed by atoms with E-state index in [1.807, 2.05) is 0 Å². The molecule has 0 fully saturated rings. The van der Waals surface area contributed by atoms with Crippen LogP contribution in [0.2, 0.25) is 0 Å². The number of methoxy groups -OCH3 is 1. The fourth-order valence-electron chi connectivity index (χ4n) is 2.87. The number of hydrogen-bond donors (Lipinski definition) is 0. The number of ether oxygens (including phenoxy) is 1. The molecule has 19 heavy (non-hydrogen) atoms. The van der Waals surface area contributed by atoms with Crippen molar-refractivity contribution in [3.05, 3.63) is 59.7 Å². The maximum atomic E-state index is 5.05. The van der Waals surface area contributed by atoms with E-state index in [1.165, 1.54) is 22.3 Å². The first-order valence-electron chi connectivity index (χ1n) is 6.46. The lowest BCUT2D eigenvalue weighted by atomic mass is 9.81. The van der Waals surface area contributed by atoms with Crippen LogP contribution in [-0.4, -0.2) is 13.7 Å². The normalized spacial score (nSPS) is 14.2. The summed E-state index contributed by atoms with van der Waals surface area (Å²) in [5, 5.41) is 0. The molecule has 94 valence electrons. The molecule has 0 unspecified atom stereocenters. The molecule has 0 spiro atoms. The molecule has 1 aliphatic rings. The highest BCUT2D eigenvalue weighted by molar-refractivity contribution is 5.82. The monoisotopic (exact) mass is 248 g/mol. The van der Waals surface area contributed by atoms with E-state index in [4.69, 9.17) is 4.74 Å². The van der Waals surface area contributed by atoms with Crippen LogP contribution in [0.3, 0.4) is 0 Å². The first-order valence-corrected chi connectivity index (χ1v) is 6.46. The first-order chi connectivity index (χ1) is 9.27. The Morgan fingerprint density at radius 1 is 0.947 bits per heavy atom. The zero-order chi connectivity index (χ0) is 13.3. The van der Waals surface area contributed by atoms with Gasteiger partial charge in [-0.05, 0) is 29.2 Å². The summed E-state index contributed by atoms with van der Waals surface area (Å²) in [7, 11) is 1.67. The van der Waals surface area contributed by atoms with Gasteiger partial charge < -0.3 is 4.74 Å². The lowest BCUT2D eigenvalue weighted by Crippen LogP contribution is -2.18. The van der Waals surface area contributed by atoms with Crippen molar-refractivity contribution < 1.29 is 4.74 Å². The van der Waals surface area contributed by atoms with E-state index in [0.29, 0.717) is 6.61 Å². The highest BCUT2D eigenvalue weighted by atomic mass is 16.5. The average molecular weight is 248 g/mol. The van der Waals surface area contributed by atoms with Crippen molar-refractivity contribution in [3.63, 3.8) is 0 Å². The van der Waals surface area contributed by atoms with Crippen molar-refractivity contribution >= 4 is 0 Å². The standard InChI is InChI=1S/C18H16O/c1-18(12-7-13-19-2)16-10-5-3-8-14(16)15-9-4-6-11-17(15)18/h3-6,8-11H,13H2,1-2H3. The smallest absolute Gasteiger partial charge is 0.107 e. The fourth-order valence-corrected chi connectivity index (χ4v) is 2.87. The molecule has 2 aromatic carbocycles. The highest BCUT2D eigenvalue weighted by Crippen LogP contribution is 2.48. The van der Waals surface area contributed by atoms with Gasteiger partial charge in [0.05, 0.1) is 5.41 Å². The van der Waals surface area contributed by atoms with Crippen LogP contribution in [0.25, 0.3) is 11.1 Å². The van der Waals surface area contributed by atoms with Crippen LogP contribution in [0.15, 0.2) is 48.5 Å². The van der Waals surface area contributed by atoms with Crippen molar-refractivity contribution in [1.29, 1.82) is 0 Å². The van der Waals surface area contributed by atoms with Gasteiger partial charge in [0.25, 0.3) is 0 Å². The maximum absolute atomic E-state index is 5.05. The van der Waals surface area contributed by atoms with Crippen LogP contribution in [0, 0.1) is 11.8 Å². The fraction of sp³-hybridized carbons (Fsp3) is 0.222. The minimum atomic E-state index is -0.230. The Morgan fingerprint density at radius 3 is 2.00 bits per heavy atom. The van der Waals surface area contributed by atoms with Crippen LogP contribution in [0.1, 0.15) is 18.1 Å². The minimum Gasteiger partial charge on any atom is -0.372 e. The van der Waals surface area contributed by atoms with Crippen LogP contribution < -0.4 is 0 Å². The first kappa shape index (κ1) is 12.0. The van der Waals surface area contributed by atoms with Gasteiger partial charge in [0, 0.05) is 7.11 Å². The van der Waals surface area contributed by atoms with E-state index in [9.17, 15) is 0 Å². The molecule has 0 saturated heterocycles. The predicted molar refractivity (Wildman–Crippen MR) is 78.0 cm³/mol. The van der Waals surface area contributed by atoms with E-state index < -0.39 is 0 Å². The molecule has 2 aromatic rings. The Balaban J connectivity index is 2.23. The molecule has 1 aliphatic carbocycles. The molecule has 0 atom stereocenters. The van der Waals surface area contributed by atoms with E-state index in [1.54, 1.807) is 7.11 Å². The van der Waals surface area contributed by atoms with Crippen LogP contribution >= 0.6 is 0 Å². The summed E-state index contributed by atoms with van der Waals surface area (Å²) in [6.07, 6.45) is 0. The summed E-state index contributed by atoms with van der Waals surface area (Å²) in [5.74, 6) is 6.52. The van der Waals surface area contributed by atoms with E-state index in [0.717, 1.165) is 0 Å². The Bertz CT molecular complexity index is 628. The number of hydrogen-bond acceptors (Lipinski definition) is 1. The molecule has 0 bridgehead atoms. The molecular formula is C18H16O. The average Bonchev–Trinajstić information content (AvgIpc) is 2.71. The number of fused-ring (bicyclic) bond motifs is 3. The SMILES string of the molecule is COCC#CC1(C)c2ccccc2-c2ccccc21. The molecule has 1 nitrogen and oxygen atoms in total. The Morgan fingerprint density at radius 2 is 1.47 bits per heavy atom. The second kappa shape index (κ2) is 4.57. The molecule has 0 aliphatic heterocycles. The second-order valence-corrected chi connectivity index (χ2v) is 4.95. The molecule has 0 heterocycles. The lowest BCUT2D eigenvalue weighted by Gasteiger charge is -2.20. The molecule has 3 rings (SSSR count). The summed E-state index contributed by atoms with van der Waals surface area (Å²) in [6.45, 7) is 2.67. The van der Waals surface area contributed by atoms with Gasteiger partial charge >= 0.3 is 0 Å². The Labute approximate surface area is 114 Å². The van der Waals surface area contributed by atoms with Gasteiger partial charge in [0.2, 0.25) is 0 Å². The van der Waals surface area contributed by atoms with Gasteiger partial charge in [0.15, 0.2) is 0 Å². The van der Waals surface area contributed by atoms with Gasteiger partial charge in [0.1, 0.15) is 6.61 Å². The van der Waals surface area contributed by atoms with Gasteiger partial charge in [-0.15, -0.1) is 0 Å². The predicted octanol–water partition coefficient (Wildman–Crippen LogP) is 3.62. The summed E-state index contributed by atoms with van der Waals surface area (Å²) in [6, 6.07) is 17.1. The lowest BCUT2D eigenvalue weighted by molar-refractivity contribution is 0.239. The summed E-state index contributed by atoms with van der Waals surface area (Å²) in [5.41, 5.74) is 4.95. The third-order valence-corrected chi connectivity index (χ3v) is 3.78. The Kier molecular flexibility index (Phi) is 2.89. The topological polar surface area (TPSA) is 9.23 Å². The van der Waals surface area contributed by atoms with Crippen LogP contribution in [0.4, 0.5) is 0 Å². The van der Waals surface area contributed by atoms with E-state index in [2.05, 4.69) is 67.3 Å². The highest BCUT2D eigenvalue weighted by Gasteiger charge is 2.37. The zero-order valence-electron chi connectivity index (χ0n) is 11.2. The van der Waals surface area contributed by atoms with Crippen molar-refractivity contribution in [1.82, 2.24) is 0 Å². The zero-order valence-corrected chi connectivity index (χ0v) is 11.2. The third-order valence-electron chi connectivity index (χ3n) is 3.78. The minimum absolute atomic E-state index is 0.230. The third kappa shape index (κ3) is 1.77. The van der Waals surface area contributed by atoms with Crippen molar-refractivity contribution in [3.8, 4) is 23.0 Å². The molecule has 0 N–H and O–H groups in total. The van der Waals surface area contributed by atoms with Crippen molar-refractivity contribution in [2.24, 2.45) is 0 Å². The van der Waals surface area contributed by atoms with E-state index >= 15 is 0 Å². The molecule has 0 saturated carbocycles. The Hall–Kier alpha value is -2.04. The molecule has 1 heteroatoms. The van der Waals surface area contributed by atoms with Crippen molar-refractivity contribution in [2.45, 2.75) is 12.3 Å². The molecule has 0 aromatic heterocycles. The van der Waals surface area contributed by atoms with Gasteiger partial charge in [-0.1, -0.05) is 60.4 Å².